The van der Waals surface area contributed by atoms with Crippen molar-refractivity contribution in [2.45, 2.75) is 17.3 Å². The van der Waals surface area contributed by atoms with E-state index in [4.69, 9.17) is 9.47 Å². The van der Waals surface area contributed by atoms with Gasteiger partial charge in [0.2, 0.25) is 10.0 Å². The number of methoxy groups -OCH3 is 2. The molecule has 0 aliphatic rings. The van der Waals surface area contributed by atoms with E-state index in [1.807, 2.05) is 0 Å². The van der Waals surface area contributed by atoms with Crippen LogP contribution in [0.15, 0.2) is 59.8 Å². The maximum absolute atomic E-state index is 13.1. The Morgan fingerprint density at radius 1 is 1.00 bits per heavy atom. The van der Waals surface area contributed by atoms with Gasteiger partial charge in [0.25, 0.3) is 0 Å². The fourth-order valence-electron chi connectivity index (χ4n) is 2.96. The molecule has 1 unspecified atom stereocenters. The molecule has 2 aromatic carbocycles. The van der Waals surface area contributed by atoms with Gasteiger partial charge in [-0.25, -0.2) is 13.4 Å². The summed E-state index contributed by atoms with van der Waals surface area (Å²) in [6.07, 6.45) is -1.72. The second-order valence-electron chi connectivity index (χ2n) is 6.62. The standard InChI is InChI=1S/C20H20F3N3O5S/c1-26-9-8-24-19(26)18(13-10-15(29-2)12-16(11-13)30-3)25-32(27,28)17-6-4-14(5-7-17)31-20(21,22)23/h4-12,18,25H,1-3H3. The molecule has 1 atom stereocenters. The minimum absolute atomic E-state index is 0.249. The number of benzene rings is 2. The molecule has 172 valence electrons. The zero-order valence-corrected chi connectivity index (χ0v) is 18.1. The highest BCUT2D eigenvalue weighted by Crippen LogP contribution is 2.31. The van der Waals surface area contributed by atoms with Crippen LogP contribution in [-0.4, -0.2) is 38.6 Å². The fraction of sp³-hybridized carbons (Fsp3) is 0.250. The summed E-state index contributed by atoms with van der Waals surface area (Å²) in [6, 6.07) is 7.83. The zero-order valence-electron chi connectivity index (χ0n) is 17.3. The molecule has 12 heteroatoms. The third-order valence-electron chi connectivity index (χ3n) is 4.46. The van der Waals surface area contributed by atoms with Gasteiger partial charge >= 0.3 is 6.36 Å². The number of nitrogens with one attached hydrogen (secondary N) is 1. The number of ether oxygens (including phenoxy) is 3. The lowest BCUT2D eigenvalue weighted by atomic mass is 10.1. The molecule has 0 aliphatic carbocycles. The van der Waals surface area contributed by atoms with Gasteiger partial charge in [0.15, 0.2) is 0 Å². The van der Waals surface area contributed by atoms with Crippen molar-refractivity contribution in [2.75, 3.05) is 14.2 Å². The second-order valence-corrected chi connectivity index (χ2v) is 8.33. The highest BCUT2D eigenvalue weighted by Gasteiger charge is 2.31. The average Bonchev–Trinajstić information content (AvgIpc) is 3.16. The highest BCUT2D eigenvalue weighted by atomic mass is 32.2. The lowest BCUT2D eigenvalue weighted by Crippen LogP contribution is -2.31. The largest absolute Gasteiger partial charge is 0.573 e. The number of nitrogens with zero attached hydrogens (tertiary/aromatic N) is 2. The average molecular weight is 471 g/mol. The minimum Gasteiger partial charge on any atom is -0.497 e. The summed E-state index contributed by atoms with van der Waals surface area (Å²) in [5, 5.41) is 0. The molecule has 0 saturated carbocycles. The van der Waals surface area contributed by atoms with E-state index < -0.39 is 28.2 Å². The zero-order chi connectivity index (χ0) is 23.5. The van der Waals surface area contributed by atoms with Crippen LogP contribution in [0, 0.1) is 0 Å². The molecule has 32 heavy (non-hydrogen) atoms. The number of sulfonamides is 1. The van der Waals surface area contributed by atoms with Crippen LogP contribution in [0.4, 0.5) is 13.2 Å². The summed E-state index contributed by atoms with van der Waals surface area (Å²) >= 11 is 0. The van der Waals surface area contributed by atoms with Crippen molar-refractivity contribution in [2.24, 2.45) is 7.05 Å². The highest BCUT2D eigenvalue weighted by molar-refractivity contribution is 7.89. The maximum Gasteiger partial charge on any atom is 0.573 e. The van der Waals surface area contributed by atoms with E-state index in [1.54, 1.807) is 36.0 Å². The van der Waals surface area contributed by atoms with E-state index in [2.05, 4.69) is 14.4 Å². The van der Waals surface area contributed by atoms with Gasteiger partial charge in [-0.05, 0) is 42.0 Å². The Morgan fingerprint density at radius 2 is 1.59 bits per heavy atom. The molecule has 1 heterocycles. The van der Waals surface area contributed by atoms with Gasteiger partial charge in [-0.1, -0.05) is 0 Å². The Bertz CT molecular complexity index is 1160. The van der Waals surface area contributed by atoms with Crippen LogP contribution in [-0.2, 0) is 17.1 Å². The van der Waals surface area contributed by atoms with Crippen molar-refractivity contribution < 1.29 is 35.8 Å². The van der Waals surface area contributed by atoms with E-state index in [0.717, 1.165) is 24.3 Å². The Labute approximate surface area is 182 Å². The summed E-state index contributed by atoms with van der Waals surface area (Å²) in [5.41, 5.74) is 0.482. The molecule has 0 bridgehead atoms. The molecule has 0 spiro atoms. The maximum atomic E-state index is 13.1. The Hall–Kier alpha value is -3.25. The van der Waals surface area contributed by atoms with Gasteiger partial charge in [0.1, 0.15) is 29.1 Å². The van der Waals surface area contributed by atoms with Gasteiger partial charge in [0, 0.05) is 25.5 Å². The molecule has 0 fully saturated rings. The molecule has 0 radical (unpaired) electrons. The number of aryl methyl sites for hydroxylation is 1. The first-order valence-corrected chi connectivity index (χ1v) is 10.6. The molecule has 0 amide bonds. The predicted molar refractivity (Wildman–Crippen MR) is 108 cm³/mol. The molecule has 8 nitrogen and oxygen atoms in total. The van der Waals surface area contributed by atoms with E-state index in [-0.39, 0.29) is 4.90 Å². The topological polar surface area (TPSA) is 91.7 Å². The third-order valence-corrected chi connectivity index (χ3v) is 5.90. The SMILES string of the molecule is COc1cc(OC)cc(C(NS(=O)(=O)c2ccc(OC(F)(F)F)cc2)c2nccn2C)c1. The number of alkyl halides is 3. The lowest BCUT2D eigenvalue weighted by molar-refractivity contribution is -0.274. The van der Waals surface area contributed by atoms with Crippen LogP contribution in [0.5, 0.6) is 17.2 Å². The van der Waals surface area contributed by atoms with Crippen LogP contribution in [0.25, 0.3) is 0 Å². The second kappa shape index (κ2) is 9.09. The van der Waals surface area contributed by atoms with Crippen LogP contribution in [0.2, 0.25) is 0 Å². The summed E-state index contributed by atoms with van der Waals surface area (Å²) in [4.78, 5) is 4.00. The Morgan fingerprint density at radius 3 is 2.06 bits per heavy atom. The van der Waals surface area contributed by atoms with Gasteiger partial charge in [-0.2, -0.15) is 4.72 Å². The predicted octanol–water partition coefficient (Wildman–Crippen LogP) is 3.40. The van der Waals surface area contributed by atoms with Crippen molar-refractivity contribution >= 4 is 10.0 Å². The van der Waals surface area contributed by atoms with Crippen LogP contribution in [0.3, 0.4) is 0 Å². The number of rotatable bonds is 8. The number of imidazole rings is 1. The summed E-state index contributed by atoms with van der Waals surface area (Å²) in [7, 11) is 0.450. The summed E-state index contributed by atoms with van der Waals surface area (Å²) < 4.78 is 81.8. The fourth-order valence-corrected chi connectivity index (χ4v) is 4.15. The molecule has 3 rings (SSSR count). The van der Waals surface area contributed by atoms with Crippen molar-refractivity contribution in [1.82, 2.24) is 14.3 Å². The molecule has 3 aromatic rings. The molecule has 1 aromatic heterocycles. The molecular formula is C20H20F3N3O5S. The first-order chi connectivity index (χ1) is 15.0. The molecule has 1 N–H and O–H groups in total. The number of aromatic nitrogens is 2. The van der Waals surface area contributed by atoms with E-state index >= 15 is 0 Å². The van der Waals surface area contributed by atoms with Crippen molar-refractivity contribution in [3.8, 4) is 17.2 Å². The summed E-state index contributed by atoms with van der Waals surface area (Å²) in [5.74, 6) is 0.716. The van der Waals surface area contributed by atoms with Crippen LogP contribution >= 0.6 is 0 Å². The number of hydrogen-bond acceptors (Lipinski definition) is 6. The smallest absolute Gasteiger partial charge is 0.497 e. The monoisotopic (exact) mass is 471 g/mol. The van der Waals surface area contributed by atoms with Gasteiger partial charge in [-0.3, -0.25) is 0 Å². The van der Waals surface area contributed by atoms with E-state index in [9.17, 15) is 21.6 Å². The first-order valence-electron chi connectivity index (χ1n) is 9.11. The molecular weight excluding hydrogens is 451 g/mol. The molecule has 0 saturated heterocycles. The minimum atomic E-state index is -4.88. The van der Waals surface area contributed by atoms with Crippen molar-refractivity contribution in [1.29, 1.82) is 0 Å². The van der Waals surface area contributed by atoms with E-state index in [1.165, 1.54) is 20.4 Å². The number of hydrogen-bond donors (Lipinski definition) is 1. The van der Waals surface area contributed by atoms with Gasteiger partial charge in [-0.15, -0.1) is 13.2 Å². The Balaban J connectivity index is 1.99. The Kier molecular flexibility index (Phi) is 6.65. The van der Waals surface area contributed by atoms with Crippen molar-refractivity contribution in [3.05, 3.63) is 66.2 Å². The van der Waals surface area contributed by atoms with Crippen LogP contribution < -0.4 is 18.9 Å². The first kappa shape index (κ1) is 23.4. The van der Waals surface area contributed by atoms with Crippen molar-refractivity contribution in [3.63, 3.8) is 0 Å². The van der Waals surface area contributed by atoms with Gasteiger partial charge in [0.05, 0.1) is 19.1 Å². The summed E-state index contributed by atoms with van der Waals surface area (Å²) in [6.45, 7) is 0. The quantitative estimate of drug-likeness (QED) is 0.542. The third kappa shape index (κ3) is 5.51. The normalized spacial score (nSPS) is 12.9. The van der Waals surface area contributed by atoms with Crippen LogP contribution in [0.1, 0.15) is 17.4 Å². The number of halogens is 3. The lowest BCUT2D eigenvalue weighted by Gasteiger charge is -2.20. The van der Waals surface area contributed by atoms with E-state index in [0.29, 0.717) is 22.9 Å². The van der Waals surface area contributed by atoms with Gasteiger partial charge < -0.3 is 18.8 Å². The molecule has 0 aliphatic heterocycles.